The minimum atomic E-state index is -3.53. The number of halogens is 2. The van der Waals surface area contributed by atoms with Crippen LogP contribution in [-0.4, -0.2) is 15.0 Å². The van der Waals surface area contributed by atoms with E-state index >= 15 is 0 Å². The smallest absolute Gasteiger partial charge is 0.211 e. The molecule has 0 fully saturated rings. The van der Waals surface area contributed by atoms with E-state index in [1.54, 1.807) is 0 Å². The van der Waals surface area contributed by atoms with Gasteiger partial charge >= 0.3 is 0 Å². The lowest BCUT2D eigenvalue weighted by Crippen LogP contribution is -2.24. The van der Waals surface area contributed by atoms with Gasteiger partial charge in [0.05, 0.1) is 14.9 Å². The second-order valence-electron chi connectivity index (χ2n) is 3.63. The lowest BCUT2D eigenvalue weighted by molar-refractivity contribution is 0.577. The maximum atomic E-state index is 11.9. The highest BCUT2D eigenvalue weighted by Crippen LogP contribution is 2.24. The van der Waals surface area contributed by atoms with Crippen LogP contribution in [0.25, 0.3) is 0 Å². The van der Waals surface area contributed by atoms with Gasteiger partial charge in [-0.05, 0) is 31.0 Å². The summed E-state index contributed by atoms with van der Waals surface area (Å²) in [5.74, 6) is 2.50. The van der Waals surface area contributed by atoms with E-state index in [-0.39, 0.29) is 9.92 Å². The summed E-state index contributed by atoms with van der Waals surface area (Å²) >= 11 is 11.5. The molecule has 18 heavy (non-hydrogen) atoms. The molecule has 0 aliphatic carbocycles. The second kappa shape index (κ2) is 7.01. The van der Waals surface area contributed by atoms with Crippen LogP contribution in [0.15, 0.2) is 23.1 Å². The van der Waals surface area contributed by atoms with Gasteiger partial charge in [-0.2, -0.15) is 0 Å². The highest BCUT2D eigenvalue weighted by Gasteiger charge is 2.14. The molecule has 1 aromatic rings. The van der Waals surface area contributed by atoms with E-state index in [2.05, 4.69) is 10.6 Å². The van der Waals surface area contributed by atoms with Crippen molar-refractivity contribution in [2.45, 2.75) is 24.2 Å². The van der Waals surface area contributed by atoms with Gasteiger partial charge in [-0.1, -0.05) is 23.2 Å². The molecule has 0 heterocycles. The number of benzene rings is 1. The minimum Gasteiger partial charge on any atom is -0.211 e. The molecule has 1 N–H and O–H groups in total. The van der Waals surface area contributed by atoms with Crippen molar-refractivity contribution in [3.05, 3.63) is 28.2 Å². The van der Waals surface area contributed by atoms with Gasteiger partial charge in [-0.3, -0.25) is 0 Å². The molecule has 0 saturated carbocycles. The first kappa shape index (κ1) is 15.3. The fraction of sp³-hybridized carbons (Fsp3) is 0.333. The van der Waals surface area contributed by atoms with E-state index in [1.165, 1.54) is 18.2 Å². The van der Waals surface area contributed by atoms with Crippen LogP contribution in [0.5, 0.6) is 0 Å². The van der Waals surface area contributed by atoms with Crippen molar-refractivity contribution in [3.63, 3.8) is 0 Å². The number of sulfonamides is 1. The van der Waals surface area contributed by atoms with Crippen molar-refractivity contribution in [2.24, 2.45) is 0 Å². The Morgan fingerprint density at radius 2 is 1.94 bits per heavy atom. The van der Waals surface area contributed by atoms with Gasteiger partial charge in [-0.15, -0.1) is 12.3 Å². The summed E-state index contributed by atoms with van der Waals surface area (Å²) in [5, 5.41) is 0.538. The van der Waals surface area contributed by atoms with Crippen molar-refractivity contribution < 1.29 is 8.42 Å². The average Bonchev–Trinajstić information content (AvgIpc) is 2.32. The third-order valence-electron chi connectivity index (χ3n) is 2.24. The fourth-order valence-corrected chi connectivity index (χ4v) is 2.75. The van der Waals surface area contributed by atoms with Gasteiger partial charge in [0.25, 0.3) is 0 Å². The Morgan fingerprint density at radius 1 is 1.22 bits per heavy atom. The molecule has 3 nitrogen and oxygen atoms in total. The Bertz CT molecular complexity index is 550. The predicted molar refractivity (Wildman–Crippen MR) is 74.3 cm³/mol. The summed E-state index contributed by atoms with van der Waals surface area (Å²) < 4.78 is 26.2. The number of hydrogen-bond acceptors (Lipinski definition) is 2. The van der Waals surface area contributed by atoms with Crippen LogP contribution in [0.2, 0.25) is 10.0 Å². The Balaban J connectivity index is 2.63. The van der Waals surface area contributed by atoms with Crippen LogP contribution in [0.4, 0.5) is 0 Å². The van der Waals surface area contributed by atoms with Crippen molar-refractivity contribution in [3.8, 4) is 12.3 Å². The Hall–Kier alpha value is -0.730. The van der Waals surface area contributed by atoms with Crippen molar-refractivity contribution in [2.75, 3.05) is 6.54 Å². The third-order valence-corrected chi connectivity index (χ3v) is 4.44. The molecule has 0 aromatic heterocycles. The minimum absolute atomic E-state index is 0.105. The molecule has 0 saturated heterocycles. The first-order valence-electron chi connectivity index (χ1n) is 5.35. The summed E-state index contributed by atoms with van der Waals surface area (Å²) in [6.45, 7) is 0.351. The molecule has 1 aromatic carbocycles. The standard InChI is InChI=1S/C12H13Cl2NO2S/c1-2-3-4-5-8-15-18(16,17)10-6-7-11(13)12(14)9-10/h1,6-7,9,15H,3-5,8H2. The lowest BCUT2D eigenvalue weighted by Gasteiger charge is -2.07. The van der Waals surface area contributed by atoms with Gasteiger partial charge in [-0.25, -0.2) is 13.1 Å². The van der Waals surface area contributed by atoms with E-state index < -0.39 is 10.0 Å². The molecule has 0 amide bonds. The quantitative estimate of drug-likeness (QED) is 0.648. The van der Waals surface area contributed by atoms with E-state index in [0.29, 0.717) is 24.4 Å². The third kappa shape index (κ3) is 4.51. The van der Waals surface area contributed by atoms with Crippen LogP contribution in [-0.2, 0) is 10.0 Å². The van der Waals surface area contributed by atoms with Crippen LogP contribution in [0.1, 0.15) is 19.3 Å². The number of nitrogens with one attached hydrogen (secondary N) is 1. The Kier molecular flexibility index (Phi) is 5.97. The Labute approximate surface area is 118 Å². The molecule has 0 aliphatic heterocycles. The topological polar surface area (TPSA) is 46.2 Å². The zero-order valence-corrected chi connectivity index (χ0v) is 11.9. The predicted octanol–water partition coefficient (Wildman–Crippen LogP) is 3.08. The molecule has 98 valence electrons. The van der Waals surface area contributed by atoms with E-state index in [9.17, 15) is 8.42 Å². The average molecular weight is 306 g/mol. The summed E-state index contributed by atoms with van der Waals surface area (Å²) in [5.41, 5.74) is 0. The molecular weight excluding hydrogens is 293 g/mol. The molecule has 0 unspecified atom stereocenters. The highest BCUT2D eigenvalue weighted by molar-refractivity contribution is 7.89. The fourth-order valence-electron chi connectivity index (χ4n) is 1.29. The number of rotatable bonds is 6. The van der Waals surface area contributed by atoms with E-state index in [1.807, 2.05) is 0 Å². The summed E-state index contributed by atoms with van der Waals surface area (Å²) in [6, 6.07) is 4.20. The first-order valence-corrected chi connectivity index (χ1v) is 7.59. The SMILES string of the molecule is C#CCCCCNS(=O)(=O)c1ccc(Cl)c(Cl)c1. The zero-order valence-electron chi connectivity index (χ0n) is 9.62. The largest absolute Gasteiger partial charge is 0.240 e. The summed E-state index contributed by atoms with van der Waals surface area (Å²) in [4.78, 5) is 0.105. The summed E-state index contributed by atoms with van der Waals surface area (Å²) in [7, 11) is -3.53. The van der Waals surface area contributed by atoms with Crippen LogP contribution in [0, 0.1) is 12.3 Å². The number of hydrogen-bond donors (Lipinski definition) is 1. The lowest BCUT2D eigenvalue weighted by atomic mass is 10.2. The van der Waals surface area contributed by atoms with Crippen molar-refractivity contribution >= 4 is 33.2 Å². The van der Waals surface area contributed by atoms with Gasteiger partial charge in [0.1, 0.15) is 0 Å². The van der Waals surface area contributed by atoms with Gasteiger partial charge in [0.2, 0.25) is 10.0 Å². The number of terminal acetylenes is 1. The molecule has 0 aliphatic rings. The van der Waals surface area contributed by atoms with Gasteiger partial charge in [0.15, 0.2) is 0 Å². The maximum Gasteiger partial charge on any atom is 0.240 e. The Morgan fingerprint density at radius 3 is 2.56 bits per heavy atom. The summed E-state index contributed by atoms with van der Waals surface area (Å²) in [6.07, 6.45) is 7.24. The number of unbranched alkanes of at least 4 members (excludes halogenated alkanes) is 2. The molecule has 0 spiro atoms. The molecule has 0 radical (unpaired) electrons. The molecule has 0 atom stereocenters. The van der Waals surface area contributed by atoms with Crippen LogP contribution in [0.3, 0.4) is 0 Å². The van der Waals surface area contributed by atoms with Crippen LogP contribution < -0.4 is 4.72 Å². The molecular formula is C12H13Cl2NO2S. The normalized spacial score (nSPS) is 11.2. The van der Waals surface area contributed by atoms with Crippen molar-refractivity contribution in [1.82, 2.24) is 4.72 Å². The zero-order chi connectivity index (χ0) is 13.6. The van der Waals surface area contributed by atoms with Crippen molar-refractivity contribution in [1.29, 1.82) is 0 Å². The maximum absolute atomic E-state index is 11.9. The van der Waals surface area contributed by atoms with E-state index in [0.717, 1.165) is 6.42 Å². The highest BCUT2D eigenvalue weighted by atomic mass is 35.5. The monoisotopic (exact) mass is 305 g/mol. The van der Waals surface area contributed by atoms with E-state index in [4.69, 9.17) is 29.6 Å². The van der Waals surface area contributed by atoms with Crippen LogP contribution >= 0.6 is 23.2 Å². The van der Waals surface area contributed by atoms with Gasteiger partial charge < -0.3 is 0 Å². The van der Waals surface area contributed by atoms with Gasteiger partial charge in [0, 0.05) is 13.0 Å². The first-order chi connectivity index (χ1) is 8.47. The molecule has 0 bridgehead atoms. The molecule has 1 rings (SSSR count). The second-order valence-corrected chi connectivity index (χ2v) is 6.22. The molecule has 6 heteroatoms.